The van der Waals surface area contributed by atoms with E-state index >= 15 is 0 Å². The van der Waals surface area contributed by atoms with Crippen molar-refractivity contribution in [1.82, 2.24) is 9.13 Å². The number of hydrogen-bond acceptors (Lipinski definition) is 2. The van der Waals surface area contributed by atoms with Crippen molar-refractivity contribution in [2.24, 2.45) is 12.8 Å². The predicted octanol–water partition coefficient (Wildman–Crippen LogP) is 6.11. The topological polar surface area (TPSA) is 62.2 Å². The maximum Gasteiger partial charge on any atom is 0.219 e. The Labute approximate surface area is 206 Å². The first-order valence-corrected chi connectivity index (χ1v) is 12.1. The summed E-state index contributed by atoms with van der Waals surface area (Å²) in [6.45, 7) is 7.32. The van der Waals surface area contributed by atoms with Gasteiger partial charge in [-0.1, -0.05) is 29.8 Å². The van der Waals surface area contributed by atoms with Crippen LogP contribution in [-0.4, -0.2) is 21.6 Å². The van der Waals surface area contributed by atoms with Gasteiger partial charge in [-0.3, -0.25) is 4.79 Å². The Hall–Kier alpha value is -3.18. The van der Waals surface area contributed by atoms with Crippen LogP contribution in [0.15, 0.2) is 48.7 Å². The van der Waals surface area contributed by atoms with Gasteiger partial charge >= 0.3 is 0 Å². The molecule has 2 N–H and O–H groups in total. The van der Waals surface area contributed by atoms with Crippen molar-refractivity contribution < 1.29 is 9.53 Å². The summed E-state index contributed by atoms with van der Waals surface area (Å²) in [6, 6.07) is 14.6. The first kappa shape index (κ1) is 24.0. The van der Waals surface area contributed by atoms with Gasteiger partial charge in [0, 0.05) is 53.6 Å². The van der Waals surface area contributed by atoms with E-state index in [0.717, 1.165) is 51.5 Å². The lowest BCUT2D eigenvalue weighted by molar-refractivity contribution is -0.118. The maximum atomic E-state index is 11.6. The van der Waals surface area contributed by atoms with Crippen molar-refractivity contribution >= 4 is 28.4 Å². The normalized spacial score (nSPS) is 11.3. The summed E-state index contributed by atoms with van der Waals surface area (Å²) in [5.41, 5.74) is 13.5. The van der Waals surface area contributed by atoms with Crippen LogP contribution in [0, 0.1) is 20.8 Å². The third kappa shape index (κ3) is 4.71. The molecule has 0 aliphatic carbocycles. The monoisotopic (exact) mass is 477 g/mol. The lowest BCUT2D eigenvalue weighted by Gasteiger charge is -2.12. The fourth-order valence-corrected chi connectivity index (χ4v) is 4.91. The largest absolute Gasteiger partial charge is 0.494 e. The number of carbonyl (C=O) groups is 1. The van der Waals surface area contributed by atoms with Crippen LogP contribution in [0.25, 0.3) is 22.2 Å². The number of rotatable bonds is 9. The van der Waals surface area contributed by atoms with E-state index in [0.29, 0.717) is 19.6 Å². The summed E-state index contributed by atoms with van der Waals surface area (Å²) in [5, 5.41) is 2.01. The first-order valence-electron chi connectivity index (χ1n) is 11.7. The SMILES string of the molecule is Cc1cc(OCCCc2c(C)n(CCC(N)=O)c3c(-c4cccn4C)cccc23)cc(C)c1Cl. The molecule has 0 saturated carbocycles. The molecule has 0 bridgehead atoms. The minimum absolute atomic E-state index is 0.291. The Morgan fingerprint density at radius 2 is 1.82 bits per heavy atom. The molecule has 5 nitrogen and oxygen atoms in total. The average molecular weight is 478 g/mol. The minimum atomic E-state index is -0.291. The van der Waals surface area contributed by atoms with Gasteiger partial charge in [0.1, 0.15) is 5.75 Å². The summed E-state index contributed by atoms with van der Waals surface area (Å²) in [6.07, 6.45) is 4.12. The molecule has 1 amide bonds. The van der Waals surface area contributed by atoms with E-state index in [2.05, 4.69) is 59.6 Å². The average Bonchev–Trinajstić information content (AvgIpc) is 3.34. The van der Waals surface area contributed by atoms with Crippen LogP contribution < -0.4 is 10.5 Å². The fraction of sp³-hybridized carbons (Fsp3) is 0.321. The Kier molecular flexibility index (Phi) is 7.03. The third-order valence-corrected chi connectivity index (χ3v) is 7.12. The highest BCUT2D eigenvalue weighted by atomic mass is 35.5. The van der Waals surface area contributed by atoms with Crippen molar-refractivity contribution in [2.75, 3.05) is 6.61 Å². The van der Waals surface area contributed by atoms with E-state index in [4.69, 9.17) is 22.1 Å². The van der Waals surface area contributed by atoms with E-state index < -0.39 is 0 Å². The summed E-state index contributed by atoms with van der Waals surface area (Å²) >= 11 is 6.28. The van der Waals surface area contributed by atoms with Gasteiger partial charge in [0.15, 0.2) is 0 Å². The van der Waals surface area contributed by atoms with Crippen molar-refractivity contribution in [3.05, 3.63) is 76.1 Å². The molecule has 2 aromatic heterocycles. The van der Waals surface area contributed by atoms with Gasteiger partial charge in [-0.2, -0.15) is 0 Å². The number of para-hydroxylation sites is 1. The van der Waals surface area contributed by atoms with Crippen molar-refractivity contribution in [2.45, 2.75) is 46.6 Å². The standard InChI is InChI=1S/C28H32ClN3O2/c1-18-16-21(17-19(2)27(18)29)34-15-7-10-22-20(3)32(14-12-26(30)33)28-23(22)8-5-9-24(28)25-11-6-13-31(25)4/h5-6,8-9,11,13,16-17H,7,10,12,14-15H2,1-4H3,(H2,30,33). The minimum Gasteiger partial charge on any atom is -0.494 e. The van der Waals surface area contributed by atoms with Gasteiger partial charge in [-0.05, 0) is 74.6 Å². The molecule has 0 aliphatic rings. The summed E-state index contributed by atoms with van der Waals surface area (Å²) in [5.74, 6) is 0.562. The van der Waals surface area contributed by atoms with Crippen LogP contribution in [0.3, 0.4) is 0 Å². The molecule has 0 saturated heterocycles. The number of hydrogen-bond donors (Lipinski definition) is 1. The Morgan fingerprint density at radius 1 is 1.09 bits per heavy atom. The van der Waals surface area contributed by atoms with Crippen LogP contribution in [0.2, 0.25) is 5.02 Å². The molecule has 0 spiro atoms. The second-order valence-corrected chi connectivity index (χ2v) is 9.34. The van der Waals surface area contributed by atoms with E-state index in [1.807, 2.05) is 26.0 Å². The van der Waals surface area contributed by atoms with E-state index in [9.17, 15) is 4.79 Å². The second-order valence-electron chi connectivity index (χ2n) is 8.96. The molecule has 2 aromatic carbocycles. The second kappa shape index (κ2) is 9.98. The Bertz CT molecular complexity index is 1330. The van der Waals surface area contributed by atoms with Crippen molar-refractivity contribution in [1.29, 1.82) is 0 Å². The fourth-order valence-electron chi connectivity index (χ4n) is 4.80. The number of amides is 1. The zero-order chi connectivity index (χ0) is 24.4. The molecule has 2 heterocycles. The van der Waals surface area contributed by atoms with Gasteiger partial charge in [-0.25, -0.2) is 0 Å². The van der Waals surface area contributed by atoms with E-state index in [1.54, 1.807) is 0 Å². The molecular formula is C28H32ClN3O2. The zero-order valence-corrected chi connectivity index (χ0v) is 21.1. The molecule has 0 fully saturated rings. The molecule has 4 rings (SSSR count). The number of primary amides is 1. The van der Waals surface area contributed by atoms with Gasteiger partial charge in [0.05, 0.1) is 12.1 Å². The molecule has 34 heavy (non-hydrogen) atoms. The number of aryl methyl sites for hydroxylation is 5. The summed E-state index contributed by atoms with van der Waals surface area (Å²) in [4.78, 5) is 11.6. The number of nitrogens with zero attached hydrogens (tertiary/aromatic N) is 2. The smallest absolute Gasteiger partial charge is 0.219 e. The van der Waals surface area contributed by atoms with Gasteiger partial charge in [0.2, 0.25) is 5.91 Å². The lowest BCUT2D eigenvalue weighted by Crippen LogP contribution is -2.14. The number of aromatic nitrogens is 2. The molecule has 0 atom stereocenters. The van der Waals surface area contributed by atoms with Gasteiger partial charge in [-0.15, -0.1) is 0 Å². The molecule has 0 unspecified atom stereocenters. The van der Waals surface area contributed by atoms with Crippen molar-refractivity contribution in [3.8, 4) is 17.0 Å². The molecular weight excluding hydrogens is 446 g/mol. The molecule has 178 valence electrons. The van der Waals surface area contributed by atoms with Gasteiger partial charge in [0.25, 0.3) is 0 Å². The quantitative estimate of drug-likeness (QED) is 0.295. The van der Waals surface area contributed by atoms with Crippen LogP contribution in [0.4, 0.5) is 0 Å². The Morgan fingerprint density at radius 3 is 2.47 bits per heavy atom. The number of ether oxygens (including phenoxy) is 1. The van der Waals surface area contributed by atoms with Crippen LogP contribution in [-0.2, 0) is 24.8 Å². The lowest BCUT2D eigenvalue weighted by atomic mass is 10.0. The zero-order valence-electron chi connectivity index (χ0n) is 20.3. The number of benzene rings is 2. The highest BCUT2D eigenvalue weighted by Crippen LogP contribution is 2.35. The molecule has 0 radical (unpaired) electrons. The molecule has 0 aliphatic heterocycles. The molecule has 6 heteroatoms. The highest BCUT2D eigenvalue weighted by Gasteiger charge is 2.19. The number of carbonyl (C=O) groups excluding carboxylic acids is 1. The van der Waals surface area contributed by atoms with Crippen LogP contribution >= 0.6 is 11.6 Å². The van der Waals surface area contributed by atoms with Crippen LogP contribution in [0.1, 0.15) is 35.2 Å². The first-order chi connectivity index (χ1) is 16.3. The van der Waals surface area contributed by atoms with E-state index in [1.165, 1.54) is 16.6 Å². The number of fused-ring (bicyclic) bond motifs is 1. The highest BCUT2D eigenvalue weighted by molar-refractivity contribution is 6.32. The third-order valence-electron chi connectivity index (χ3n) is 6.52. The predicted molar refractivity (Wildman–Crippen MR) is 140 cm³/mol. The number of nitrogens with two attached hydrogens (primary N) is 1. The maximum absolute atomic E-state index is 11.6. The van der Waals surface area contributed by atoms with Crippen LogP contribution in [0.5, 0.6) is 5.75 Å². The Balaban J connectivity index is 1.63. The number of halogens is 1. The summed E-state index contributed by atoms with van der Waals surface area (Å²) in [7, 11) is 2.05. The molecule has 4 aromatic rings. The van der Waals surface area contributed by atoms with Crippen molar-refractivity contribution in [3.63, 3.8) is 0 Å². The van der Waals surface area contributed by atoms with E-state index in [-0.39, 0.29) is 5.91 Å². The van der Waals surface area contributed by atoms with Gasteiger partial charge < -0.3 is 19.6 Å². The summed E-state index contributed by atoms with van der Waals surface area (Å²) < 4.78 is 10.4.